The molecule has 2 rings (SSSR count). The normalized spacial score (nSPS) is 9.91. The molecule has 0 atom stereocenters. The van der Waals surface area contributed by atoms with Crippen molar-refractivity contribution >= 4 is 34.8 Å². The van der Waals surface area contributed by atoms with E-state index in [2.05, 4.69) is 10.6 Å². The Bertz CT molecular complexity index is 654. The third-order valence-electron chi connectivity index (χ3n) is 2.67. The Morgan fingerprint density at radius 3 is 2.05 bits per heavy atom. The summed E-state index contributed by atoms with van der Waals surface area (Å²) in [5.74, 6) is 0.149. The summed E-state index contributed by atoms with van der Waals surface area (Å²) in [5.41, 5.74) is 1.29. The predicted molar refractivity (Wildman–Crippen MR) is 86.3 cm³/mol. The molecule has 2 aromatic rings. The summed E-state index contributed by atoms with van der Waals surface area (Å²) in [6, 6.07) is 13.6. The average Bonchev–Trinajstić information content (AvgIpc) is 2.48. The molecule has 0 heterocycles. The summed E-state index contributed by atoms with van der Waals surface area (Å²) >= 11 is 5.76. The number of carbonyl (C=O) groups excluding carboxylic acids is 2. The van der Waals surface area contributed by atoms with Gasteiger partial charge in [0, 0.05) is 23.3 Å². The van der Waals surface area contributed by atoms with Crippen LogP contribution in [0.2, 0.25) is 5.02 Å². The van der Waals surface area contributed by atoms with E-state index in [1.54, 1.807) is 48.5 Å². The second-order valence-electron chi connectivity index (χ2n) is 4.55. The molecule has 0 unspecified atom stereocenters. The van der Waals surface area contributed by atoms with E-state index in [9.17, 15) is 9.59 Å². The minimum Gasteiger partial charge on any atom is -0.484 e. The minimum absolute atomic E-state index is 0.102. The summed E-state index contributed by atoms with van der Waals surface area (Å²) in [7, 11) is 0. The highest BCUT2D eigenvalue weighted by Crippen LogP contribution is 2.16. The molecule has 0 aromatic heterocycles. The summed E-state index contributed by atoms with van der Waals surface area (Å²) in [6.45, 7) is 1.33. The van der Waals surface area contributed by atoms with Crippen LogP contribution in [0.3, 0.4) is 0 Å². The van der Waals surface area contributed by atoms with E-state index in [4.69, 9.17) is 16.3 Å². The van der Waals surface area contributed by atoms with Crippen LogP contribution < -0.4 is 15.4 Å². The van der Waals surface area contributed by atoms with E-state index in [-0.39, 0.29) is 18.4 Å². The smallest absolute Gasteiger partial charge is 0.262 e. The van der Waals surface area contributed by atoms with Crippen molar-refractivity contribution < 1.29 is 14.3 Å². The Morgan fingerprint density at radius 2 is 1.50 bits per heavy atom. The molecule has 0 saturated heterocycles. The zero-order valence-electron chi connectivity index (χ0n) is 11.9. The third kappa shape index (κ3) is 5.10. The van der Waals surface area contributed by atoms with Crippen molar-refractivity contribution in [3.8, 4) is 5.75 Å². The molecule has 5 nitrogen and oxygen atoms in total. The van der Waals surface area contributed by atoms with E-state index in [0.717, 1.165) is 0 Å². The van der Waals surface area contributed by atoms with Gasteiger partial charge in [0.05, 0.1) is 0 Å². The first-order valence-electron chi connectivity index (χ1n) is 6.59. The lowest BCUT2D eigenvalue weighted by Gasteiger charge is -2.08. The highest BCUT2D eigenvalue weighted by Gasteiger charge is 2.04. The van der Waals surface area contributed by atoms with E-state index >= 15 is 0 Å². The Hall–Kier alpha value is -2.53. The molecule has 0 saturated carbocycles. The SMILES string of the molecule is CC(=O)Nc1ccc(NC(=O)COc2ccc(Cl)cc2)cc1. The van der Waals surface area contributed by atoms with Gasteiger partial charge in [-0.25, -0.2) is 0 Å². The molecular formula is C16H15ClN2O3. The summed E-state index contributed by atoms with van der Waals surface area (Å²) in [6.07, 6.45) is 0. The number of hydrogen-bond acceptors (Lipinski definition) is 3. The highest BCUT2D eigenvalue weighted by molar-refractivity contribution is 6.30. The van der Waals surface area contributed by atoms with Crippen molar-refractivity contribution in [1.82, 2.24) is 0 Å². The Kier molecular flexibility index (Phi) is 5.38. The van der Waals surface area contributed by atoms with Crippen LogP contribution in [-0.4, -0.2) is 18.4 Å². The molecule has 0 radical (unpaired) electrons. The molecule has 22 heavy (non-hydrogen) atoms. The number of hydrogen-bond donors (Lipinski definition) is 2. The molecule has 114 valence electrons. The van der Waals surface area contributed by atoms with Gasteiger partial charge in [-0.1, -0.05) is 11.6 Å². The van der Waals surface area contributed by atoms with Gasteiger partial charge in [-0.05, 0) is 48.5 Å². The van der Waals surface area contributed by atoms with Crippen LogP contribution in [0.1, 0.15) is 6.92 Å². The average molecular weight is 319 g/mol. The maximum Gasteiger partial charge on any atom is 0.262 e. The van der Waals surface area contributed by atoms with Crippen molar-refractivity contribution in [3.63, 3.8) is 0 Å². The number of amides is 2. The molecular weight excluding hydrogens is 304 g/mol. The monoisotopic (exact) mass is 318 g/mol. The van der Waals surface area contributed by atoms with Gasteiger partial charge in [-0.15, -0.1) is 0 Å². The second kappa shape index (κ2) is 7.47. The lowest BCUT2D eigenvalue weighted by atomic mass is 10.2. The van der Waals surface area contributed by atoms with E-state index in [0.29, 0.717) is 22.1 Å². The maximum absolute atomic E-state index is 11.8. The quantitative estimate of drug-likeness (QED) is 0.888. The zero-order valence-corrected chi connectivity index (χ0v) is 12.7. The number of rotatable bonds is 5. The molecule has 2 aromatic carbocycles. The van der Waals surface area contributed by atoms with Gasteiger partial charge in [-0.2, -0.15) is 0 Å². The van der Waals surface area contributed by atoms with E-state index < -0.39 is 0 Å². The van der Waals surface area contributed by atoms with Gasteiger partial charge in [-0.3, -0.25) is 9.59 Å². The Labute approximate surface area is 133 Å². The second-order valence-corrected chi connectivity index (χ2v) is 4.99. The summed E-state index contributed by atoms with van der Waals surface area (Å²) < 4.78 is 5.34. The molecule has 0 aliphatic rings. The molecule has 0 fully saturated rings. The van der Waals surface area contributed by atoms with Crippen LogP contribution in [0, 0.1) is 0 Å². The first kappa shape index (κ1) is 15.9. The van der Waals surface area contributed by atoms with Crippen molar-refractivity contribution in [3.05, 3.63) is 53.6 Å². The Morgan fingerprint density at radius 1 is 0.955 bits per heavy atom. The zero-order chi connectivity index (χ0) is 15.9. The number of ether oxygens (including phenoxy) is 1. The first-order chi connectivity index (χ1) is 10.5. The van der Waals surface area contributed by atoms with Crippen molar-refractivity contribution in [2.75, 3.05) is 17.2 Å². The molecule has 0 aliphatic carbocycles. The molecule has 6 heteroatoms. The van der Waals surface area contributed by atoms with Crippen LogP contribution in [-0.2, 0) is 9.59 Å². The number of anilines is 2. The number of nitrogens with one attached hydrogen (secondary N) is 2. The fourth-order valence-corrected chi connectivity index (χ4v) is 1.84. The predicted octanol–water partition coefficient (Wildman–Crippen LogP) is 3.32. The standard InChI is InChI=1S/C16H15ClN2O3/c1-11(20)18-13-4-6-14(7-5-13)19-16(21)10-22-15-8-2-12(17)3-9-15/h2-9H,10H2,1H3,(H,18,20)(H,19,21). The van der Waals surface area contributed by atoms with Crippen LogP contribution in [0.5, 0.6) is 5.75 Å². The molecule has 2 amide bonds. The van der Waals surface area contributed by atoms with Crippen LogP contribution >= 0.6 is 11.6 Å². The largest absolute Gasteiger partial charge is 0.484 e. The first-order valence-corrected chi connectivity index (χ1v) is 6.96. The fourth-order valence-electron chi connectivity index (χ4n) is 1.72. The summed E-state index contributed by atoms with van der Waals surface area (Å²) in [4.78, 5) is 22.7. The maximum atomic E-state index is 11.8. The van der Waals surface area contributed by atoms with Gasteiger partial charge in [0.15, 0.2) is 6.61 Å². The van der Waals surface area contributed by atoms with Gasteiger partial charge in [0.1, 0.15) is 5.75 Å². The number of benzene rings is 2. The minimum atomic E-state index is -0.276. The summed E-state index contributed by atoms with van der Waals surface area (Å²) in [5, 5.41) is 5.96. The fraction of sp³-hybridized carbons (Fsp3) is 0.125. The lowest BCUT2D eigenvalue weighted by molar-refractivity contribution is -0.118. The van der Waals surface area contributed by atoms with Crippen molar-refractivity contribution in [2.24, 2.45) is 0 Å². The molecule has 0 bridgehead atoms. The topological polar surface area (TPSA) is 67.4 Å². The Balaban J connectivity index is 1.83. The number of carbonyl (C=O) groups is 2. The van der Waals surface area contributed by atoms with E-state index in [1.165, 1.54) is 6.92 Å². The van der Waals surface area contributed by atoms with Gasteiger partial charge in [0.25, 0.3) is 5.91 Å². The third-order valence-corrected chi connectivity index (χ3v) is 2.92. The van der Waals surface area contributed by atoms with Crippen LogP contribution in [0.4, 0.5) is 11.4 Å². The highest BCUT2D eigenvalue weighted by atomic mass is 35.5. The van der Waals surface area contributed by atoms with Crippen LogP contribution in [0.25, 0.3) is 0 Å². The van der Waals surface area contributed by atoms with Gasteiger partial charge >= 0.3 is 0 Å². The lowest BCUT2D eigenvalue weighted by Crippen LogP contribution is -2.20. The van der Waals surface area contributed by atoms with Gasteiger partial charge in [0.2, 0.25) is 5.91 Å². The van der Waals surface area contributed by atoms with Crippen LogP contribution in [0.15, 0.2) is 48.5 Å². The van der Waals surface area contributed by atoms with Gasteiger partial charge < -0.3 is 15.4 Å². The molecule has 2 N–H and O–H groups in total. The van der Waals surface area contributed by atoms with Crippen molar-refractivity contribution in [1.29, 1.82) is 0 Å². The molecule has 0 spiro atoms. The van der Waals surface area contributed by atoms with Crippen molar-refractivity contribution in [2.45, 2.75) is 6.92 Å². The molecule has 0 aliphatic heterocycles. The van der Waals surface area contributed by atoms with E-state index in [1.807, 2.05) is 0 Å². The number of halogens is 1.